The van der Waals surface area contributed by atoms with Crippen LogP contribution >= 0.6 is 0 Å². The zero-order valence-electron chi connectivity index (χ0n) is 13.8. The van der Waals surface area contributed by atoms with Crippen LogP contribution in [0.1, 0.15) is 29.3 Å². The van der Waals surface area contributed by atoms with Crippen LogP contribution in [0.5, 0.6) is 0 Å². The quantitative estimate of drug-likeness (QED) is 0.754. The maximum atomic E-state index is 12.3. The van der Waals surface area contributed by atoms with E-state index in [-0.39, 0.29) is 17.7 Å². The molecule has 0 saturated heterocycles. The van der Waals surface area contributed by atoms with Gasteiger partial charge in [-0.1, -0.05) is 13.0 Å². The van der Waals surface area contributed by atoms with Gasteiger partial charge in [-0.05, 0) is 61.2 Å². The topological polar surface area (TPSA) is 84.2 Å². The molecular weight excluding hydrogens is 302 g/mol. The molecule has 5 heteroatoms. The Morgan fingerprint density at radius 2 is 1.75 bits per heavy atom. The van der Waals surface area contributed by atoms with Crippen molar-refractivity contribution in [3.63, 3.8) is 0 Å². The van der Waals surface area contributed by atoms with Gasteiger partial charge in [-0.2, -0.15) is 0 Å². The third kappa shape index (κ3) is 3.56. The normalized spacial score (nSPS) is 18.8. The minimum absolute atomic E-state index is 0.0510. The van der Waals surface area contributed by atoms with E-state index in [1.54, 1.807) is 36.4 Å². The molecule has 3 rings (SSSR count). The number of carbonyl (C=O) groups excluding carboxylic acids is 2. The van der Waals surface area contributed by atoms with Crippen LogP contribution in [0.4, 0.5) is 17.1 Å². The molecular formula is C19H21N3O2. The molecule has 0 spiro atoms. The lowest BCUT2D eigenvalue weighted by Crippen LogP contribution is -2.15. The predicted molar refractivity (Wildman–Crippen MR) is 95.9 cm³/mol. The van der Waals surface area contributed by atoms with Crippen molar-refractivity contribution >= 4 is 28.9 Å². The summed E-state index contributed by atoms with van der Waals surface area (Å²) in [6.45, 7) is 3.97. The van der Waals surface area contributed by atoms with Gasteiger partial charge < -0.3 is 16.4 Å². The minimum Gasteiger partial charge on any atom is -0.399 e. The summed E-state index contributed by atoms with van der Waals surface area (Å²) in [6, 6.07) is 12.3. The number of aryl methyl sites for hydroxylation is 1. The zero-order valence-corrected chi connectivity index (χ0v) is 13.8. The van der Waals surface area contributed by atoms with Gasteiger partial charge >= 0.3 is 0 Å². The molecule has 2 unspecified atom stereocenters. The fourth-order valence-electron chi connectivity index (χ4n) is 2.60. The van der Waals surface area contributed by atoms with Crippen molar-refractivity contribution in [1.29, 1.82) is 0 Å². The van der Waals surface area contributed by atoms with Crippen molar-refractivity contribution in [3.8, 4) is 0 Å². The lowest BCUT2D eigenvalue weighted by Gasteiger charge is -2.10. The monoisotopic (exact) mass is 323 g/mol. The van der Waals surface area contributed by atoms with Crippen molar-refractivity contribution in [2.45, 2.75) is 20.3 Å². The van der Waals surface area contributed by atoms with E-state index >= 15 is 0 Å². The summed E-state index contributed by atoms with van der Waals surface area (Å²) in [5.41, 5.74) is 9.22. The smallest absolute Gasteiger partial charge is 0.255 e. The molecule has 24 heavy (non-hydrogen) atoms. The molecule has 0 bridgehead atoms. The number of nitrogens with one attached hydrogen (secondary N) is 2. The van der Waals surface area contributed by atoms with Gasteiger partial charge in [0.15, 0.2) is 0 Å². The Kier molecular flexibility index (Phi) is 4.25. The van der Waals surface area contributed by atoms with Crippen LogP contribution < -0.4 is 16.4 Å². The number of hydrogen-bond acceptors (Lipinski definition) is 3. The highest BCUT2D eigenvalue weighted by molar-refractivity contribution is 6.05. The number of anilines is 3. The van der Waals surface area contributed by atoms with Gasteiger partial charge in [-0.15, -0.1) is 0 Å². The number of rotatable bonds is 4. The molecule has 0 aromatic heterocycles. The van der Waals surface area contributed by atoms with Crippen LogP contribution in [0.2, 0.25) is 0 Å². The van der Waals surface area contributed by atoms with Gasteiger partial charge in [0.2, 0.25) is 5.91 Å². The van der Waals surface area contributed by atoms with Gasteiger partial charge in [0.05, 0.1) is 0 Å². The first-order chi connectivity index (χ1) is 11.4. The molecule has 0 aliphatic heterocycles. The maximum absolute atomic E-state index is 12.3. The highest BCUT2D eigenvalue weighted by atomic mass is 16.2. The lowest BCUT2D eigenvalue weighted by molar-refractivity contribution is -0.117. The zero-order chi connectivity index (χ0) is 17.3. The van der Waals surface area contributed by atoms with Gasteiger partial charge in [0, 0.05) is 28.5 Å². The van der Waals surface area contributed by atoms with E-state index in [4.69, 9.17) is 5.73 Å². The molecule has 1 saturated carbocycles. The first-order valence-corrected chi connectivity index (χ1v) is 8.02. The van der Waals surface area contributed by atoms with Crippen molar-refractivity contribution < 1.29 is 9.59 Å². The SMILES string of the molecule is Cc1ccc(N)cc1NC(=O)c1ccc(NC(=O)C2CC2C)cc1. The van der Waals surface area contributed by atoms with Gasteiger partial charge in [-0.3, -0.25) is 9.59 Å². The molecule has 5 nitrogen and oxygen atoms in total. The fourth-order valence-corrected chi connectivity index (χ4v) is 2.60. The summed E-state index contributed by atoms with van der Waals surface area (Å²) in [4.78, 5) is 24.2. The van der Waals surface area contributed by atoms with Crippen LogP contribution in [-0.4, -0.2) is 11.8 Å². The molecule has 2 aromatic carbocycles. The van der Waals surface area contributed by atoms with E-state index < -0.39 is 0 Å². The van der Waals surface area contributed by atoms with E-state index in [0.717, 1.165) is 12.0 Å². The van der Waals surface area contributed by atoms with Crippen molar-refractivity contribution in [3.05, 3.63) is 53.6 Å². The van der Waals surface area contributed by atoms with Crippen molar-refractivity contribution in [2.75, 3.05) is 16.4 Å². The molecule has 2 aromatic rings. The van der Waals surface area contributed by atoms with Gasteiger partial charge in [-0.25, -0.2) is 0 Å². The summed E-state index contributed by atoms with van der Waals surface area (Å²) < 4.78 is 0. The first kappa shape index (κ1) is 16.1. The van der Waals surface area contributed by atoms with Crippen LogP contribution in [0.3, 0.4) is 0 Å². The standard InChI is InChI=1S/C19H21N3O2/c1-11-3-6-14(20)10-17(11)22-18(23)13-4-7-15(8-5-13)21-19(24)16-9-12(16)2/h3-8,10,12,16H,9,20H2,1-2H3,(H,21,24)(H,22,23). The van der Waals surface area contributed by atoms with Crippen molar-refractivity contribution in [1.82, 2.24) is 0 Å². The Balaban J connectivity index is 1.65. The highest BCUT2D eigenvalue weighted by Gasteiger charge is 2.39. The number of nitrogens with two attached hydrogens (primary N) is 1. The fraction of sp³-hybridized carbons (Fsp3) is 0.263. The largest absolute Gasteiger partial charge is 0.399 e. The molecule has 2 atom stereocenters. The molecule has 2 amide bonds. The third-order valence-corrected chi connectivity index (χ3v) is 4.37. The average Bonchev–Trinajstić information content (AvgIpc) is 3.28. The number of benzene rings is 2. The molecule has 1 aliphatic rings. The predicted octanol–water partition coefficient (Wildman–Crippen LogP) is 3.42. The Morgan fingerprint density at radius 1 is 1.08 bits per heavy atom. The van der Waals surface area contributed by atoms with E-state index in [0.29, 0.717) is 28.5 Å². The second-order valence-electron chi connectivity index (χ2n) is 6.41. The summed E-state index contributed by atoms with van der Waals surface area (Å²) >= 11 is 0. The van der Waals surface area contributed by atoms with Crippen LogP contribution in [0.15, 0.2) is 42.5 Å². The average molecular weight is 323 g/mol. The van der Waals surface area contributed by atoms with E-state index in [1.807, 2.05) is 13.0 Å². The molecule has 0 radical (unpaired) electrons. The van der Waals surface area contributed by atoms with Crippen LogP contribution in [0, 0.1) is 18.8 Å². The summed E-state index contributed by atoms with van der Waals surface area (Å²) in [5.74, 6) is 0.434. The number of amides is 2. The summed E-state index contributed by atoms with van der Waals surface area (Å²) in [7, 11) is 0. The number of nitrogen functional groups attached to an aromatic ring is 1. The lowest BCUT2D eigenvalue weighted by atomic mass is 10.1. The highest BCUT2D eigenvalue weighted by Crippen LogP contribution is 2.38. The summed E-state index contributed by atoms with van der Waals surface area (Å²) in [5, 5.41) is 5.73. The molecule has 0 heterocycles. The van der Waals surface area contributed by atoms with Crippen molar-refractivity contribution in [2.24, 2.45) is 11.8 Å². The number of carbonyl (C=O) groups is 2. The Morgan fingerprint density at radius 3 is 2.38 bits per heavy atom. The van der Waals surface area contributed by atoms with Gasteiger partial charge in [0.1, 0.15) is 0 Å². The Labute approximate surface area is 141 Å². The second kappa shape index (κ2) is 6.35. The third-order valence-electron chi connectivity index (χ3n) is 4.37. The summed E-state index contributed by atoms with van der Waals surface area (Å²) in [6.07, 6.45) is 0.950. The second-order valence-corrected chi connectivity index (χ2v) is 6.41. The number of hydrogen-bond donors (Lipinski definition) is 3. The molecule has 1 fully saturated rings. The van der Waals surface area contributed by atoms with E-state index in [1.165, 1.54) is 0 Å². The van der Waals surface area contributed by atoms with Crippen LogP contribution in [-0.2, 0) is 4.79 Å². The minimum atomic E-state index is -0.211. The Hall–Kier alpha value is -2.82. The van der Waals surface area contributed by atoms with Gasteiger partial charge in [0.25, 0.3) is 5.91 Å². The first-order valence-electron chi connectivity index (χ1n) is 8.02. The molecule has 124 valence electrons. The molecule has 4 N–H and O–H groups in total. The van der Waals surface area contributed by atoms with E-state index in [2.05, 4.69) is 17.6 Å². The maximum Gasteiger partial charge on any atom is 0.255 e. The molecule has 1 aliphatic carbocycles. The Bertz CT molecular complexity index is 784. The van der Waals surface area contributed by atoms with E-state index in [9.17, 15) is 9.59 Å². The van der Waals surface area contributed by atoms with Crippen LogP contribution in [0.25, 0.3) is 0 Å².